The van der Waals surface area contributed by atoms with Gasteiger partial charge in [0.1, 0.15) is 5.69 Å². The molecule has 0 amide bonds. The van der Waals surface area contributed by atoms with Crippen molar-refractivity contribution >= 4 is 23.8 Å². The number of anilines is 1. The van der Waals surface area contributed by atoms with Gasteiger partial charge in [-0.1, -0.05) is 0 Å². The molecule has 18 heavy (non-hydrogen) atoms. The van der Waals surface area contributed by atoms with Gasteiger partial charge in [0.05, 0.1) is 21.9 Å². The Balaban J connectivity index is 0.00000289. The van der Waals surface area contributed by atoms with Gasteiger partial charge in [-0.3, -0.25) is 10.1 Å². The molecule has 0 aliphatic heterocycles. The van der Waals surface area contributed by atoms with Crippen LogP contribution in [0.3, 0.4) is 0 Å². The molecule has 0 saturated heterocycles. The second-order valence-electron chi connectivity index (χ2n) is 3.75. The Morgan fingerprint density at radius 1 is 1.39 bits per heavy atom. The fourth-order valence-electron chi connectivity index (χ4n) is 1.92. The molecule has 0 aliphatic rings. The number of aromatic nitrogens is 1. The van der Waals surface area contributed by atoms with Crippen LogP contribution in [0.4, 0.5) is 11.4 Å². The van der Waals surface area contributed by atoms with Crippen LogP contribution in [0.15, 0.2) is 0 Å². The van der Waals surface area contributed by atoms with Crippen LogP contribution in [0.2, 0.25) is 0 Å². The van der Waals surface area contributed by atoms with E-state index in [-0.39, 0.29) is 31.1 Å². The van der Waals surface area contributed by atoms with Gasteiger partial charge in [0.2, 0.25) is 0 Å². The van der Waals surface area contributed by atoms with Gasteiger partial charge in [-0.05, 0) is 20.8 Å². The molecule has 0 atom stereocenters. The lowest BCUT2D eigenvalue weighted by molar-refractivity contribution is -0.386. The molecule has 7 heteroatoms. The molecular weight excluding hydrogens is 258 g/mol. The fraction of sp³-hybridized carbons (Fsp3) is 0.545. The molecule has 1 heterocycles. The van der Waals surface area contributed by atoms with E-state index in [0.717, 1.165) is 5.69 Å². The van der Waals surface area contributed by atoms with Crippen LogP contribution in [-0.4, -0.2) is 28.2 Å². The van der Waals surface area contributed by atoms with Crippen molar-refractivity contribution in [2.24, 2.45) is 0 Å². The van der Waals surface area contributed by atoms with Crippen molar-refractivity contribution in [1.82, 2.24) is 4.98 Å². The lowest BCUT2D eigenvalue weighted by Crippen LogP contribution is -2.11. The highest BCUT2D eigenvalue weighted by Gasteiger charge is 2.23. The maximum atomic E-state index is 11.0. The summed E-state index contributed by atoms with van der Waals surface area (Å²) in [5.41, 5.74) is 2.31. The third-order valence-electron chi connectivity index (χ3n) is 2.53. The third-order valence-corrected chi connectivity index (χ3v) is 2.53. The van der Waals surface area contributed by atoms with Gasteiger partial charge >= 0.3 is 0 Å². The van der Waals surface area contributed by atoms with Crippen molar-refractivity contribution in [2.75, 3.05) is 18.5 Å². The van der Waals surface area contributed by atoms with Gasteiger partial charge in [-0.2, -0.15) is 0 Å². The van der Waals surface area contributed by atoms with E-state index in [1.165, 1.54) is 0 Å². The summed E-state index contributed by atoms with van der Waals surface area (Å²) in [7, 11) is 0. The molecule has 0 aromatic carbocycles. The molecule has 102 valence electrons. The zero-order chi connectivity index (χ0) is 13.0. The number of nitrogens with one attached hydrogen (secondary N) is 1. The highest BCUT2D eigenvalue weighted by Crippen LogP contribution is 2.31. The minimum atomic E-state index is -0.437. The molecule has 6 nitrogen and oxygen atoms in total. The molecule has 2 N–H and O–H groups in total. The molecule has 0 unspecified atom stereocenters. The molecule has 0 saturated carbocycles. The molecule has 0 fully saturated rings. The number of aryl methyl sites for hydroxylation is 2. The number of aliphatic hydroxyl groups excluding tert-OH is 1. The fourth-order valence-corrected chi connectivity index (χ4v) is 1.92. The molecule has 1 rings (SSSR count). The zero-order valence-corrected chi connectivity index (χ0v) is 11.5. The summed E-state index contributed by atoms with van der Waals surface area (Å²) in [6.07, 6.45) is 0.253. The number of nitro groups is 1. The van der Waals surface area contributed by atoms with Crippen molar-refractivity contribution in [3.05, 3.63) is 27.1 Å². The number of nitrogens with zero attached hydrogens (tertiary/aromatic N) is 2. The summed E-state index contributed by atoms with van der Waals surface area (Å²) >= 11 is 0. The van der Waals surface area contributed by atoms with Crippen molar-refractivity contribution in [3.8, 4) is 0 Å². The smallest absolute Gasteiger partial charge is 0.295 e. The molecule has 0 aliphatic carbocycles. The van der Waals surface area contributed by atoms with Crippen LogP contribution in [0.1, 0.15) is 23.9 Å². The highest BCUT2D eigenvalue weighted by molar-refractivity contribution is 5.85. The highest BCUT2D eigenvalue weighted by atomic mass is 35.5. The number of hydrogen-bond donors (Lipinski definition) is 2. The standard InChI is InChI=1S/C11H17N3O3.ClH/c1-4-12-10-7(2)13-8(3)11(14(16)17)9(10)5-6-15;/h12,15H,4-6H2,1-3H3;1H. The molecule has 0 spiro atoms. The molecule has 1 aromatic rings. The zero-order valence-electron chi connectivity index (χ0n) is 10.7. The van der Waals surface area contributed by atoms with E-state index in [0.29, 0.717) is 23.5 Å². The van der Waals surface area contributed by atoms with E-state index in [4.69, 9.17) is 5.11 Å². The Labute approximate surface area is 112 Å². The summed E-state index contributed by atoms with van der Waals surface area (Å²) in [6.45, 7) is 5.86. The quantitative estimate of drug-likeness (QED) is 0.634. The lowest BCUT2D eigenvalue weighted by atomic mass is 10.1. The van der Waals surface area contributed by atoms with E-state index in [9.17, 15) is 10.1 Å². The van der Waals surface area contributed by atoms with Crippen LogP contribution < -0.4 is 5.32 Å². The normalized spacial score (nSPS) is 9.78. The van der Waals surface area contributed by atoms with Gasteiger partial charge in [0, 0.05) is 19.6 Å². The number of aliphatic hydroxyl groups is 1. The minimum absolute atomic E-state index is 0. The van der Waals surface area contributed by atoms with Crippen molar-refractivity contribution in [2.45, 2.75) is 27.2 Å². The van der Waals surface area contributed by atoms with Gasteiger partial charge in [-0.25, -0.2) is 4.98 Å². The molecule has 0 radical (unpaired) electrons. The number of rotatable bonds is 5. The number of hydrogen-bond acceptors (Lipinski definition) is 5. The molecule has 0 bridgehead atoms. The van der Waals surface area contributed by atoms with Gasteiger partial charge < -0.3 is 10.4 Å². The second-order valence-corrected chi connectivity index (χ2v) is 3.75. The van der Waals surface area contributed by atoms with E-state index >= 15 is 0 Å². The average molecular weight is 276 g/mol. The second kappa shape index (κ2) is 7.13. The molecule has 1 aromatic heterocycles. The van der Waals surface area contributed by atoms with Crippen molar-refractivity contribution in [1.29, 1.82) is 0 Å². The summed E-state index contributed by atoms with van der Waals surface area (Å²) in [4.78, 5) is 14.8. The third kappa shape index (κ3) is 3.30. The van der Waals surface area contributed by atoms with Crippen molar-refractivity contribution in [3.63, 3.8) is 0 Å². The number of halogens is 1. The van der Waals surface area contributed by atoms with Crippen LogP contribution in [0.25, 0.3) is 0 Å². The first-order valence-corrected chi connectivity index (χ1v) is 5.52. The van der Waals surface area contributed by atoms with Gasteiger partial charge in [-0.15, -0.1) is 12.4 Å². The first kappa shape index (κ1) is 16.6. The summed E-state index contributed by atoms with van der Waals surface area (Å²) in [6, 6.07) is 0. The Morgan fingerprint density at radius 2 is 2.00 bits per heavy atom. The monoisotopic (exact) mass is 275 g/mol. The van der Waals surface area contributed by atoms with Gasteiger partial charge in [0.25, 0.3) is 5.69 Å². The van der Waals surface area contributed by atoms with Crippen LogP contribution in [0, 0.1) is 24.0 Å². The Morgan fingerprint density at radius 3 is 2.44 bits per heavy atom. The first-order chi connectivity index (χ1) is 8.02. The maximum absolute atomic E-state index is 11.0. The van der Waals surface area contributed by atoms with Crippen LogP contribution >= 0.6 is 12.4 Å². The SMILES string of the molecule is CCNc1c(C)nc(C)c([N+](=O)[O-])c1CCO.Cl. The van der Waals surface area contributed by atoms with E-state index in [1.807, 2.05) is 6.92 Å². The van der Waals surface area contributed by atoms with Crippen LogP contribution in [-0.2, 0) is 6.42 Å². The van der Waals surface area contributed by atoms with E-state index in [2.05, 4.69) is 10.3 Å². The Bertz CT molecular complexity index is 438. The Hall–Kier alpha value is -1.40. The molecular formula is C11H18ClN3O3. The van der Waals surface area contributed by atoms with Gasteiger partial charge in [0.15, 0.2) is 0 Å². The minimum Gasteiger partial charge on any atom is -0.396 e. The largest absolute Gasteiger partial charge is 0.396 e. The number of pyridine rings is 1. The van der Waals surface area contributed by atoms with E-state index < -0.39 is 4.92 Å². The summed E-state index contributed by atoms with van der Waals surface area (Å²) in [5, 5.41) is 23.1. The van der Waals surface area contributed by atoms with Crippen molar-refractivity contribution < 1.29 is 10.0 Å². The van der Waals surface area contributed by atoms with E-state index in [1.54, 1.807) is 13.8 Å². The Kier molecular flexibility index (Phi) is 6.57. The van der Waals surface area contributed by atoms with Crippen LogP contribution in [0.5, 0.6) is 0 Å². The first-order valence-electron chi connectivity index (χ1n) is 5.52. The predicted octanol–water partition coefficient (Wildman–Crippen LogP) is 2.00. The lowest BCUT2D eigenvalue weighted by Gasteiger charge is -2.14. The predicted molar refractivity (Wildman–Crippen MR) is 72.6 cm³/mol. The summed E-state index contributed by atoms with van der Waals surface area (Å²) < 4.78 is 0. The maximum Gasteiger partial charge on any atom is 0.295 e. The topological polar surface area (TPSA) is 88.3 Å². The summed E-state index contributed by atoms with van der Waals surface area (Å²) in [5.74, 6) is 0. The average Bonchev–Trinajstić information content (AvgIpc) is 2.23.